The molecule has 1 rings (SSSR count). The Labute approximate surface area is 125 Å². The highest BCUT2D eigenvalue weighted by Gasteiger charge is 2.21. The van der Waals surface area contributed by atoms with Crippen LogP contribution in [0.4, 0.5) is 11.4 Å². The monoisotopic (exact) mass is 296 g/mol. The molecule has 1 aromatic rings. The number of hydrogen-bond donors (Lipinski definition) is 2. The second-order valence-corrected chi connectivity index (χ2v) is 4.93. The van der Waals surface area contributed by atoms with E-state index in [1.165, 1.54) is 0 Å². The average molecular weight is 296 g/mol. The normalized spacial score (nSPS) is 12.0. The SMILES string of the molecule is CCCOc1cccc(NCC(CC)CCO)c1[N+](=O)[O-]. The van der Waals surface area contributed by atoms with Gasteiger partial charge in [-0.2, -0.15) is 0 Å². The lowest BCUT2D eigenvalue weighted by Gasteiger charge is -2.16. The lowest BCUT2D eigenvalue weighted by atomic mass is 10.0. The second-order valence-electron chi connectivity index (χ2n) is 4.93. The first kappa shape index (κ1) is 17.2. The van der Waals surface area contributed by atoms with Crippen LogP contribution < -0.4 is 10.1 Å². The van der Waals surface area contributed by atoms with Crippen LogP contribution in [0.15, 0.2) is 18.2 Å². The highest BCUT2D eigenvalue weighted by Crippen LogP contribution is 2.35. The Morgan fingerprint density at radius 3 is 2.76 bits per heavy atom. The molecule has 0 saturated heterocycles. The van der Waals surface area contributed by atoms with Crippen molar-refractivity contribution in [3.05, 3.63) is 28.3 Å². The summed E-state index contributed by atoms with van der Waals surface area (Å²) in [5.74, 6) is 0.580. The zero-order chi connectivity index (χ0) is 15.7. The Bertz CT molecular complexity index is 451. The molecule has 1 atom stereocenters. The van der Waals surface area contributed by atoms with Gasteiger partial charge in [-0.25, -0.2) is 0 Å². The molecule has 6 nitrogen and oxygen atoms in total. The van der Waals surface area contributed by atoms with E-state index in [9.17, 15) is 10.1 Å². The number of aliphatic hydroxyl groups is 1. The molecule has 0 aromatic heterocycles. The maximum Gasteiger partial charge on any atom is 0.333 e. The molecule has 2 N–H and O–H groups in total. The summed E-state index contributed by atoms with van der Waals surface area (Å²) in [5.41, 5.74) is 0.440. The molecule has 0 amide bonds. The van der Waals surface area contributed by atoms with Crippen molar-refractivity contribution >= 4 is 11.4 Å². The Balaban J connectivity index is 2.87. The van der Waals surface area contributed by atoms with E-state index in [4.69, 9.17) is 9.84 Å². The molecule has 0 heterocycles. The number of benzene rings is 1. The number of rotatable bonds is 10. The summed E-state index contributed by atoms with van der Waals surface area (Å²) in [7, 11) is 0. The Morgan fingerprint density at radius 1 is 1.43 bits per heavy atom. The highest BCUT2D eigenvalue weighted by molar-refractivity contribution is 5.68. The van der Waals surface area contributed by atoms with Crippen LogP contribution in [0, 0.1) is 16.0 Å². The third kappa shape index (κ3) is 5.23. The summed E-state index contributed by atoms with van der Waals surface area (Å²) in [6.45, 7) is 5.16. The van der Waals surface area contributed by atoms with Crippen molar-refractivity contribution in [2.45, 2.75) is 33.1 Å². The topological polar surface area (TPSA) is 84.6 Å². The summed E-state index contributed by atoms with van der Waals surface area (Å²) in [4.78, 5) is 10.9. The molecule has 118 valence electrons. The minimum absolute atomic E-state index is 0.0233. The van der Waals surface area contributed by atoms with Crippen molar-refractivity contribution in [3.8, 4) is 5.75 Å². The standard InChI is InChI=1S/C15H24N2O4/c1-3-10-21-14-7-5-6-13(15(14)17(19)20)16-11-12(4-2)8-9-18/h5-7,12,16,18H,3-4,8-11H2,1-2H3. The van der Waals surface area contributed by atoms with E-state index in [-0.39, 0.29) is 18.2 Å². The van der Waals surface area contributed by atoms with E-state index < -0.39 is 4.92 Å². The van der Waals surface area contributed by atoms with Gasteiger partial charge in [0, 0.05) is 13.2 Å². The first-order valence-corrected chi connectivity index (χ1v) is 7.38. The maximum atomic E-state index is 11.3. The van der Waals surface area contributed by atoms with Crippen LogP contribution in [-0.2, 0) is 0 Å². The van der Waals surface area contributed by atoms with E-state index in [0.29, 0.717) is 31.0 Å². The number of aliphatic hydroxyl groups excluding tert-OH is 1. The van der Waals surface area contributed by atoms with E-state index in [1.54, 1.807) is 18.2 Å². The van der Waals surface area contributed by atoms with Gasteiger partial charge in [-0.3, -0.25) is 10.1 Å². The van der Waals surface area contributed by atoms with Crippen LogP contribution in [0.2, 0.25) is 0 Å². The van der Waals surface area contributed by atoms with Gasteiger partial charge in [0.2, 0.25) is 0 Å². The van der Waals surface area contributed by atoms with Gasteiger partial charge < -0.3 is 15.2 Å². The zero-order valence-electron chi connectivity index (χ0n) is 12.7. The molecular weight excluding hydrogens is 272 g/mol. The van der Waals surface area contributed by atoms with Crippen LogP contribution in [-0.4, -0.2) is 29.8 Å². The predicted molar refractivity (Wildman–Crippen MR) is 82.9 cm³/mol. The molecular formula is C15H24N2O4. The molecule has 0 aliphatic heterocycles. The smallest absolute Gasteiger partial charge is 0.333 e. The summed E-state index contributed by atoms with van der Waals surface area (Å²) in [6, 6.07) is 5.04. The largest absolute Gasteiger partial charge is 0.487 e. The van der Waals surface area contributed by atoms with Crippen molar-refractivity contribution in [2.75, 3.05) is 25.1 Å². The molecule has 0 saturated carbocycles. The van der Waals surface area contributed by atoms with Crippen LogP contribution in [0.1, 0.15) is 33.1 Å². The fourth-order valence-corrected chi connectivity index (χ4v) is 2.07. The average Bonchev–Trinajstić information content (AvgIpc) is 2.48. The molecule has 0 aliphatic carbocycles. The fourth-order valence-electron chi connectivity index (χ4n) is 2.07. The van der Waals surface area contributed by atoms with Crippen LogP contribution in [0.25, 0.3) is 0 Å². The zero-order valence-corrected chi connectivity index (χ0v) is 12.7. The third-order valence-corrected chi connectivity index (χ3v) is 3.34. The summed E-state index contributed by atoms with van der Waals surface area (Å²) >= 11 is 0. The first-order valence-electron chi connectivity index (χ1n) is 7.38. The van der Waals surface area contributed by atoms with E-state index in [2.05, 4.69) is 5.32 Å². The number of nitrogens with zero attached hydrogens (tertiary/aromatic N) is 1. The molecule has 6 heteroatoms. The van der Waals surface area contributed by atoms with Crippen molar-refractivity contribution in [3.63, 3.8) is 0 Å². The second kappa shape index (κ2) is 9.18. The van der Waals surface area contributed by atoms with E-state index >= 15 is 0 Å². The van der Waals surface area contributed by atoms with Crippen LogP contribution in [0.5, 0.6) is 5.75 Å². The molecule has 1 unspecified atom stereocenters. The lowest BCUT2D eigenvalue weighted by Crippen LogP contribution is -2.16. The number of ether oxygens (including phenoxy) is 1. The maximum absolute atomic E-state index is 11.3. The van der Waals surface area contributed by atoms with Gasteiger partial charge in [0.1, 0.15) is 5.69 Å². The number of para-hydroxylation sites is 1. The molecule has 0 spiro atoms. The first-order chi connectivity index (χ1) is 10.1. The molecule has 1 aromatic carbocycles. The van der Waals surface area contributed by atoms with Crippen LogP contribution in [0.3, 0.4) is 0 Å². The minimum atomic E-state index is -0.416. The molecule has 21 heavy (non-hydrogen) atoms. The van der Waals surface area contributed by atoms with Crippen LogP contribution >= 0.6 is 0 Å². The van der Waals surface area contributed by atoms with E-state index in [1.807, 2.05) is 13.8 Å². The Morgan fingerprint density at radius 2 is 2.19 bits per heavy atom. The third-order valence-electron chi connectivity index (χ3n) is 3.34. The minimum Gasteiger partial charge on any atom is -0.487 e. The predicted octanol–water partition coefficient (Wildman–Crippen LogP) is 3.20. The number of nitro groups is 1. The molecule has 0 aliphatic rings. The van der Waals surface area contributed by atoms with Crippen molar-refractivity contribution in [1.29, 1.82) is 0 Å². The van der Waals surface area contributed by atoms with Gasteiger partial charge in [-0.05, 0) is 30.9 Å². The van der Waals surface area contributed by atoms with Crippen molar-refractivity contribution in [1.82, 2.24) is 0 Å². The Kier molecular flexibility index (Phi) is 7.53. The molecule has 0 bridgehead atoms. The number of anilines is 1. The lowest BCUT2D eigenvalue weighted by molar-refractivity contribution is -0.385. The number of nitro benzene ring substituents is 1. The molecule has 0 fully saturated rings. The highest BCUT2D eigenvalue weighted by atomic mass is 16.6. The van der Waals surface area contributed by atoms with Gasteiger partial charge >= 0.3 is 5.69 Å². The number of hydrogen-bond acceptors (Lipinski definition) is 5. The van der Waals surface area contributed by atoms with E-state index in [0.717, 1.165) is 12.8 Å². The quantitative estimate of drug-likeness (QED) is 0.511. The summed E-state index contributed by atoms with van der Waals surface area (Å²) < 4.78 is 5.45. The Hall–Kier alpha value is -1.82. The fraction of sp³-hybridized carbons (Fsp3) is 0.600. The van der Waals surface area contributed by atoms with Crippen molar-refractivity contribution in [2.24, 2.45) is 5.92 Å². The van der Waals surface area contributed by atoms with Gasteiger partial charge in [-0.1, -0.05) is 26.3 Å². The van der Waals surface area contributed by atoms with Gasteiger partial charge in [0.25, 0.3) is 0 Å². The number of nitrogens with one attached hydrogen (secondary N) is 1. The summed E-state index contributed by atoms with van der Waals surface area (Å²) in [5, 5.41) is 23.4. The van der Waals surface area contributed by atoms with Gasteiger partial charge in [0.05, 0.1) is 11.5 Å². The van der Waals surface area contributed by atoms with Crippen molar-refractivity contribution < 1.29 is 14.8 Å². The van der Waals surface area contributed by atoms with Gasteiger partial charge in [-0.15, -0.1) is 0 Å². The van der Waals surface area contributed by atoms with Gasteiger partial charge in [0.15, 0.2) is 5.75 Å². The molecule has 0 radical (unpaired) electrons. The summed E-state index contributed by atoms with van der Waals surface area (Å²) in [6.07, 6.45) is 2.39.